The average molecular weight is 345 g/mol. The van der Waals surface area contributed by atoms with Gasteiger partial charge in [0.1, 0.15) is 5.82 Å². The quantitative estimate of drug-likeness (QED) is 0.828. The Morgan fingerprint density at radius 3 is 2.52 bits per heavy atom. The third-order valence-corrected chi connectivity index (χ3v) is 3.83. The van der Waals surface area contributed by atoms with Crippen molar-refractivity contribution in [2.75, 3.05) is 50.0 Å². The maximum atomic E-state index is 12.9. The average Bonchev–Trinajstić information content (AvgIpc) is 2.65. The Bertz CT molecular complexity index is 687. The summed E-state index contributed by atoms with van der Waals surface area (Å²) >= 11 is 0. The van der Waals surface area contributed by atoms with Crippen LogP contribution in [0.2, 0.25) is 0 Å². The third-order valence-electron chi connectivity index (χ3n) is 3.83. The SMILES string of the molecule is O=C(Nc1ccc(F)cc1)c1cnc(NCCN2CCOCC2)nc1. The van der Waals surface area contributed by atoms with Crippen molar-refractivity contribution < 1.29 is 13.9 Å². The molecule has 7 nitrogen and oxygen atoms in total. The number of rotatable bonds is 6. The van der Waals surface area contributed by atoms with Crippen LogP contribution in [0.5, 0.6) is 0 Å². The lowest BCUT2D eigenvalue weighted by Gasteiger charge is -2.26. The molecule has 1 aliphatic heterocycles. The Balaban J connectivity index is 1.47. The fraction of sp³-hybridized carbons (Fsp3) is 0.353. The van der Waals surface area contributed by atoms with Gasteiger partial charge >= 0.3 is 0 Å². The lowest BCUT2D eigenvalue weighted by atomic mass is 10.2. The molecule has 1 amide bonds. The Kier molecular flexibility index (Phi) is 5.86. The first kappa shape index (κ1) is 17.2. The minimum Gasteiger partial charge on any atom is -0.379 e. The molecule has 1 aliphatic rings. The summed E-state index contributed by atoms with van der Waals surface area (Å²) in [7, 11) is 0. The number of carbonyl (C=O) groups is 1. The second-order valence-corrected chi connectivity index (χ2v) is 5.64. The highest BCUT2D eigenvalue weighted by Crippen LogP contribution is 2.10. The number of amides is 1. The van der Waals surface area contributed by atoms with Crippen LogP contribution in [0.15, 0.2) is 36.7 Å². The summed E-state index contributed by atoms with van der Waals surface area (Å²) < 4.78 is 18.2. The van der Waals surface area contributed by atoms with Crippen molar-refractivity contribution in [2.45, 2.75) is 0 Å². The van der Waals surface area contributed by atoms with Crippen molar-refractivity contribution in [3.63, 3.8) is 0 Å². The van der Waals surface area contributed by atoms with E-state index in [1.165, 1.54) is 36.7 Å². The van der Waals surface area contributed by atoms with E-state index in [4.69, 9.17) is 4.74 Å². The molecule has 1 saturated heterocycles. The van der Waals surface area contributed by atoms with Crippen molar-refractivity contribution in [2.24, 2.45) is 0 Å². The number of carbonyl (C=O) groups excluding carboxylic acids is 1. The van der Waals surface area contributed by atoms with Crippen LogP contribution < -0.4 is 10.6 Å². The molecule has 0 radical (unpaired) electrons. The zero-order valence-corrected chi connectivity index (χ0v) is 13.7. The molecular formula is C17H20FN5O2. The first-order chi connectivity index (χ1) is 12.2. The van der Waals surface area contributed by atoms with Crippen LogP contribution in [0, 0.1) is 5.82 Å². The summed E-state index contributed by atoms with van der Waals surface area (Å²) in [4.78, 5) is 22.7. The van der Waals surface area contributed by atoms with Gasteiger partial charge in [-0.05, 0) is 24.3 Å². The first-order valence-electron chi connectivity index (χ1n) is 8.14. The number of hydrogen-bond acceptors (Lipinski definition) is 6. The lowest BCUT2D eigenvalue weighted by molar-refractivity contribution is 0.0398. The Labute approximate surface area is 145 Å². The Morgan fingerprint density at radius 2 is 1.84 bits per heavy atom. The number of ether oxygens (including phenoxy) is 1. The molecule has 0 atom stereocenters. The molecule has 0 aliphatic carbocycles. The van der Waals surface area contributed by atoms with E-state index >= 15 is 0 Å². The fourth-order valence-corrected chi connectivity index (χ4v) is 2.42. The number of morpholine rings is 1. The minimum atomic E-state index is -0.353. The summed E-state index contributed by atoms with van der Waals surface area (Å²) in [5.41, 5.74) is 0.849. The van der Waals surface area contributed by atoms with Gasteiger partial charge in [0.2, 0.25) is 5.95 Å². The van der Waals surface area contributed by atoms with Crippen LogP contribution in [0.4, 0.5) is 16.0 Å². The van der Waals surface area contributed by atoms with Gasteiger partial charge < -0.3 is 15.4 Å². The first-order valence-corrected chi connectivity index (χ1v) is 8.14. The molecule has 1 fully saturated rings. The molecule has 2 aromatic rings. The molecule has 1 aromatic carbocycles. The Morgan fingerprint density at radius 1 is 1.16 bits per heavy atom. The highest BCUT2D eigenvalue weighted by molar-refractivity contribution is 6.03. The topological polar surface area (TPSA) is 79.4 Å². The zero-order chi connectivity index (χ0) is 17.5. The van der Waals surface area contributed by atoms with E-state index in [1.807, 2.05) is 0 Å². The minimum absolute atomic E-state index is 0.336. The van der Waals surface area contributed by atoms with E-state index in [-0.39, 0.29) is 11.7 Å². The van der Waals surface area contributed by atoms with E-state index in [2.05, 4.69) is 25.5 Å². The number of halogens is 1. The maximum absolute atomic E-state index is 12.9. The van der Waals surface area contributed by atoms with Crippen molar-refractivity contribution in [3.05, 3.63) is 48.0 Å². The molecule has 1 aromatic heterocycles. The molecule has 0 bridgehead atoms. The van der Waals surface area contributed by atoms with Crippen LogP contribution in [-0.4, -0.2) is 60.2 Å². The second-order valence-electron chi connectivity index (χ2n) is 5.64. The molecule has 3 rings (SSSR count). The van der Waals surface area contributed by atoms with E-state index in [1.54, 1.807) is 0 Å². The molecule has 2 N–H and O–H groups in total. The summed E-state index contributed by atoms with van der Waals surface area (Å²) in [6.45, 7) is 5.03. The van der Waals surface area contributed by atoms with Crippen molar-refractivity contribution in [1.29, 1.82) is 0 Å². The molecule has 25 heavy (non-hydrogen) atoms. The third kappa shape index (κ3) is 5.20. The molecule has 0 spiro atoms. The summed E-state index contributed by atoms with van der Waals surface area (Å²) in [5, 5.41) is 5.80. The molecular weight excluding hydrogens is 325 g/mol. The predicted molar refractivity (Wildman–Crippen MR) is 92.1 cm³/mol. The van der Waals surface area contributed by atoms with E-state index < -0.39 is 0 Å². The highest BCUT2D eigenvalue weighted by Gasteiger charge is 2.10. The predicted octanol–water partition coefficient (Wildman–Crippen LogP) is 1.61. The molecule has 132 valence electrons. The van der Waals surface area contributed by atoms with Gasteiger partial charge in [0.15, 0.2) is 0 Å². The van der Waals surface area contributed by atoms with E-state index in [9.17, 15) is 9.18 Å². The van der Waals surface area contributed by atoms with Crippen molar-refractivity contribution in [3.8, 4) is 0 Å². The summed E-state index contributed by atoms with van der Waals surface area (Å²) in [6, 6.07) is 5.56. The number of hydrogen-bond donors (Lipinski definition) is 2. The number of nitrogens with one attached hydrogen (secondary N) is 2. The van der Waals surface area contributed by atoms with Gasteiger partial charge in [0, 0.05) is 44.3 Å². The summed E-state index contributed by atoms with van der Waals surface area (Å²) in [5.74, 6) is -0.216. The van der Waals surface area contributed by atoms with Crippen LogP contribution in [0.3, 0.4) is 0 Å². The van der Waals surface area contributed by atoms with Crippen LogP contribution >= 0.6 is 0 Å². The van der Waals surface area contributed by atoms with Gasteiger partial charge in [-0.25, -0.2) is 14.4 Å². The Hall–Kier alpha value is -2.58. The van der Waals surface area contributed by atoms with E-state index in [0.29, 0.717) is 17.2 Å². The second kappa shape index (κ2) is 8.50. The van der Waals surface area contributed by atoms with Crippen molar-refractivity contribution in [1.82, 2.24) is 14.9 Å². The molecule has 8 heteroatoms. The van der Waals surface area contributed by atoms with Gasteiger partial charge in [-0.3, -0.25) is 9.69 Å². The normalized spacial score (nSPS) is 14.9. The fourth-order valence-electron chi connectivity index (χ4n) is 2.42. The van der Waals surface area contributed by atoms with E-state index in [0.717, 1.165) is 39.4 Å². The molecule has 0 unspecified atom stereocenters. The number of anilines is 2. The van der Waals surface area contributed by atoms with Crippen LogP contribution in [0.1, 0.15) is 10.4 Å². The van der Waals surface area contributed by atoms with Gasteiger partial charge in [0.25, 0.3) is 5.91 Å². The monoisotopic (exact) mass is 345 g/mol. The van der Waals surface area contributed by atoms with Gasteiger partial charge in [0.05, 0.1) is 18.8 Å². The standard InChI is InChI=1S/C17H20FN5O2/c18-14-1-3-15(4-2-14)22-16(24)13-11-20-17(21-12-13)19-5-6-23-7-9-25-10-8-23/h1-4,11-12H,5-10H2,(H,22,24)(H,19,20,21). The highest BCUT2D eigenvalue weighted by atomic mass is 19.1. The smallest absolute Gasteiger partial charge is 0.258 e. The summed E-state index contributed by atoms with van der Waals surface area (Å²) in [6.07, 6.45) is 2.92. The molecule has 0 saturated carbocycles. The van der Waals surface area contributed by atoms with Gasteiger partial charge in [-0.1, -0.05) is 0 Å². The number of aromatic nitrogens is 2. The zero-order valence-electron chi connectivity index (χ0n) is 13.7. The van der Waals surface area contributed by atoms with Gasteiger partial charge in [-0.2, -0.15) is 0 Å². The van der Waals surface area contributed by atoms with Crippen molar-refractivity contribution >= 4 is 17.5 Å². The van der Waals surface area contributed by atoms with Gasteiger partial charge in [-0.15, -0.1) is 0 Å². The van der Waals surface area contributed by atoms with Crippen LogP contribution in [0.25, 0.3) is 0 Å². The maximum Gasteiger partial charge on any atom is 0.258 e. The largest absolute Gasteiger partial charge is 0.379 e. The van der Waals surface area contributed by atoms with Crippen LogP contribution in [-0.2, 0) is 4.74 Å². The lowest BCUT2D eigenvalue weighted by Crippen LogP contribution is -2.39. The number of benzene rings is 1. The number of nitrogens with zero attached hydrogens (tertiary/aromatic N) is 3. The molecule has 2 heterocycles.